The van der Waals surface area contributed by atoms with Crippen LogP contribution in [-0.2, 0) is 13.0 Å². The summed E-state index contributed by atoms with van der Waals surface area (Å²) in [5.74, 6) is 0.932. The van der Waals surface area contributed by atoms with Gasteiger partial charge < -0.3 is 15.0 Å². The summed E-state index contributed by atoms with van der Waals surface area (Å²) in [7, 11) is 1.70. The van der Waals surface area contributed by atoms with E-state index >= 15 is 0 Å². The van der Waals surface area contributed by atoms with E-state index in [4.69, 9.17) is 10.5 Å². The first kappa shape index (κ1) is 12.5. The van der Waals surface area contributed by atoms with Crippen LogP contribution in [0.25, 0.3) is 11.0 Å². The van der Waals surface area contributed by atoms with Gasteiger partial charge in [0.05, 0.1) is 24.5 Å². The Morgan fingerprint density at radius 3 is 2.90 bits per heavy atom. The summed E-state index contributed by atoms with van der Waals surface area (Å²) < 4.78 is 7.52. The van der Waals surface area contributed by atoms with Crippen LogP contribution in [-0.4, -0.2) is 16.7 Å². The standard InChI is InChI=1S/C16H17N3O/c1-20-16-5-3-2-4-12(16)8-9-19-11-18-14-10-13(17)6-7-15(14)19/h2-7,10-11H,8-9,17H2,1H3. The largest absolute Gasteiger partial charge is 0.496 e. The second-order valence-corrected chi connectivity index (χ2v) is 4.75. The predicted octanol–water partition coefficient (Wildman–Crippen LogP) is 2.87. The maximum absolute atomic E-state index is 5.77. The molecule has 102 valence electrons. The highest BCUT2D eigenvalue weighted by atomic mass is 16.5. The van der Waals surface area contributed by atoms with E-state index in [1.807, 2.05) is 42.7 Å². The summed E-state index contributed by atoms with van der Waals surface area (Å²) in [4.78, 5) is 4.39. The van der Waals surface area contributed by atoms with Crippen LogP contribution in [0, 0.1) is 0 Å². The predicted molar refractivity (Wildman–Crippen MR) is 80.8 cm³/mol. The third kappa shape index (κ3) is 2.32. The molecule has 3 aromatic rings. The third-order valence-electron chi connectivity index (χ3n) is 3.46. The molecule has 0 aliphatic rings. The van der Waals surface area contributed by atoms with Crippen LogP contribution in [0.15, 0.2) is 48.8 Å². The number of anilines is 1. The number of fused-ring (bicyclic) bond motifs is 1. The quantitative estimate of drug-likeness (QED) is 0.739. The van der Waals surface area contributed by atoms with Gasteiger partial charge in [-0.2, -0.15) is 0 Å². The Bertz CT molecular complexity index is 733. The number of nitrogens with two attached hydrogens (primary N) is 1. The Labute approximate surface area is 117 Å². The van der Waals surface area contributed by atoms with Crippen LogP contribution >= 0.6 is 0 Å². The van der Waals surface area contributed by atoms with Crippen molar-refractivity contribution >= 4 is 16.7 Å². The van der Waals surface area contributed by atoms with Crippen molar-refractivity contribution in [1.29, 1.82) is 0 Å². The number of hydrogen-bond acceptors (Lipinski definition) is 3. The van der Waals surface area contributed by atoms with Crippen molar-refractivity contribution in [2.45, 2.75) is 13.0 Å². The second kappa shape index (κ2) is 5.25. The van der Waals surface area contributed by atoms with Crippen molar-refractivity contribution in [3.63, 3.8) is 0 Å². The van der Waals surface area contributed by atoms with E-state index in [1.54, 1.807) is 7.11 Å². The minimum absolute atomic E-state index is 0.743. The first-order valence-electron chi connectivity index (χ1n) is 6.60. The molecule has 0 aliphatic carbocycles. The molecule has 0 aliphatic heterocycles. The first-order chi connectivity index (χ1) is 9.78. The fourth-order valence-electron chi connectivity index (χ4n) is 2.41. The summed E-state index contributed by atoms with van der Waals surface area (Å²) in [6.07, 6.45) is 2.76. The summed E-state index contributed by atoms with van der Waals surface area (Å²) in [5.41, 5.74) is 9.76. The molecule has 2 aromatic carbocycles. The second-order valence-electron chi connectivity index (χ2n) is 4.75. The van der Waals surface area contributed by atoms with Crippen LogP contribution in [0.3, 0.4) is 0 Å². The summed E-state index contributed by atoms with van der Waals surface area (Å²) in [5, 5.41) is 0. The van der Waals surface area contributed by atoms with Crippen LogP contribution in [0.4, 0.5) is 5.69 Å². The monoisotopic (exact) mass is 267 g/mol. The molecule has 0 saturated heterocycles. The minimum atomic E-state index is 0.743. The van der Waals surface area contributed by atoms with E-state index in [2.05, 4.69) is 15.6 Å². The van der Waals surface area contributed by atoms with Gasteiger partial charge in [-0.15, -0.1) is 0 Å². The number of nitrogens with zero attached hydrogens (tertiary/aromatic N) is 2. The Morgan fingerprint density at radius 1 is 1.20 bits per heavy atom. The third-order valence-corrected chi connectivity index (χ3v) is 3.46. The lowest BCUT2D eigenvalue weighted by atomic mass is 10.1. The average molecular weight is 267 g/mol. The Morgan fingerprint density at radius 2 is 2.05 bits per heavy atom. The maximum Gasteiger partial charge on any atom is 0.122 e. The highest BCUT2D eigenvalue weighted by Crippen LogP contribution is 2.20. The fraction of sp³-hybridized carbons (Fsp3) is 0.188. The molecule has 0 spiro atoms. The van der Waals surface area contributed by atoms with E-state index in [9.17, 15) is 0 Å². The summed E-state index contributed by atoms with van der Waals surface area (Å²) in [6, 6.07) is 13.9. The molecule has 0 atom stereocenters. The molecule has 0 radical (unpaired) electrons. The van der Waals surface area contributed by atoms with Gasteiger partial charge >= 0.3 is 0 Å². The molecule has 0 unspecified atom stereocenters. The van der Waals surface area contributed by atoms with Gasteiger partial charge in [-0.25, -0.2) is 4.98 Å². The van der Waals surface area contributed by atoms with Crippen molar-refractivity contribution < 1.29 is 4.74 Å². The lowest BCUT2D eigenvalue weighted by molar-refractivity contribution is 0.408. The topological polar surface area (TPSA) is 53.1 Å². The van der Waals surface area contributed by atoms with Gasteiger partial charge in [0.1, 0.15) is 5.75 Å². The van der Waals surface area contributed by atoms with Crippen LogP contribution < -0.4 is 10.5 Å². The summed E-state index contributed by atoms with van der Waals surface area (Å²) in [6.45, 7) is 0.862. The number of nitrogen functional groups attached to an aromatic ring is 1. The molecule has 4 heteroatoms. The van der Waals surface area contributed by atoms with Crippen molar-refractivity contribution in [1.82, 2.24) is 9.55 Å². The molecule has 1 aromatic heterocycles. The first-order valence-corrected chi connectivity index (χ1v) is 6.60. The van der Waals surface area contributed by atoms with E-state index in [-0.39, 0.29) is 0 Å². The number of hydrogen-bond donors (Lipinski definition) is 1. The van der Waals surface area contributed by atoms with Gasteiger partial charge in [0, 0.05) is 12.2 Å². The van der Waals surface area contributed by atoms with Crippen molar-refractivity contribution in [2.24, 2.45) is 0 Å². The Kier molecular flexibility index (Phi) is 3.29. The number of benzene rings is 2. The van der Waals surface area contributed by atoms with E-state index in [1.165, 1.54) is 5.56 Å². The molecular formula is C16H17N3O. The number of ether oxygens (including phenoxy) is 1. The van der Waals surface area contributed by atoms with Crippen LogP contribution in [0.5, 0.6) is 5.75 Å². The zero-order valence-electron chi connectivity index (χ0n) is 11.4. The van der Waals surface area contributed by atoms with Crippen molar-refractivity contribution in [3.8, 4) is 5.75 Å². The average Bonchev–Trinajstić information content (AvgIpc) is 2.87. The number of aryl methyl sites for hydroxylation is 2. The van der Waals surface area contributed by atoms with E-state index in [0.717, 1.165) is 35.4 Å². The van der Waals surface area contributed by atoms with Gasteiger partial charge in [-0.3, -0.25) is 0 Å². The smallest absolute Gasteiger partial charge is 0.122 e. The minimum Gasteiger partial charge on any atom is -0.496 e. The number of methoxy groups -OCH3 is 1. The number of rotatable bonds is 4. The molecular weight excluding hydrogens is 250 g/mol. The number of aromatic nitrogens is 2. The Balaban J connectivity index is 1.83. The maximum atomic E-state index is 5.77. The molecule has 0 fully saturated rings. The van der Waals surface area contributed by atoms with E-state index < -0.39 is 0 Å². The zero-order valence-corrected chi connectivity index (χ0v) is 11.4. The van der Waals surface area contributed by atoms with Crippen LogP contribution in [0.1, 0.15) is 5.56 Å². The van der Waals surface area contributed by atoms with Gasteiger partial charge in [0.25, 0.3) is 0 Å². The molecule has 0 bridgehead atoms. The number of imidazole rings is 1. The van der Waals surface area contributed by atoms with Gasteiger partial charge in [-0.05, 0) is 36.2 Å². The van der Waals surface area contributed by atoms with Gasteiger partial charge in [0.15, 0.2) is 0 Å². The van der Waals surface area contributed by atoms with Crippen LogP contribution in [0.2, 0.25) is 0 Å². The van der Waals surface area contributed by atoms with Gasteiger partial charge in [0.2, 0.25) is 0 Å². The highest BCUT2D eigenvalue weighted by molar-refractivity contribution is 5.78. The zero-order chi connectivity index (χ0) is 13.9. The lowest BCUT2D eigenvalue weighted by Gasteiger charge is -2.09. The molecule has 1 heterocycles. The lowest BCUT2D eigenvalue weighted by Crippen LogP contribution is -2.01. The number of para-hydroxylation sites is 1. The van der Waals surface area contributed by atoms with Gasteiger partial charge in [-0.1, -0.05) is 18.2 Å². The van der Waals surface area contributed by atoms with E-state index in [0.29, 0.717) is 0 Å². The Hall–Kier alpha value is -2.49. The molecule has 0 saturated carbocycles. The molecule has 0 amide bonds. The fourth-order valence-corrected chi connectivity index (χ4v) is 2.41. The molecule has 20 heavy (non-hydrogen) atoms. The summed E-state index contributed by atoms with van der Waals surface area (Å²) >= 11 is 0. The molecule has 3 rings (SSSR count). The molecule has 2 N–H and O–H groups in total. The highest BCUT2D eigenvalue weighted by Gasteiger charge is 2.05. The SMILES string of the molecule is COc1ccccc1CCn1cnc2cc(N)ccc21. The van der Waals surface area contributed by atoms with Crippen molar-refractivity contribution in [2.75, 3.05) is 12.8 Å². The molecule has 4 nitrogen and oxygen atoms in total. The van der Waals surface area contributed by atoms with Crippen molar-refractivity contribution in [3.05, 3.63) is 54.4 Å². The normalized spacial score (nSPS) is 10.8.